The van der Waals surface area contributed by atoms with E-state index in [1.165, 1.54) is 12.2 Å². The highest BCUT2D eigenvalue weighted by Crippen LogP contribution is 2.13. The maximum absolute atomic E-state index is 11.6. The highest BCUT2D eigenvalue weighted by atomic mass is 16.1. The third-order valence-electron chi connectivity index (χ3n) is 2.72. The molecule has 0 spiro atoms. The number of rotatable bonds is 7. The Morgan fingerprint density at radius 3 is 1.44 bits per heavy atom. The van der Waals surface area contributed by atoms with Gasteiger partial charge in [0.25, 0.3) is 0 Å². The second kappa shape index (κ2) is 6.38. The van der Waals surface area contributed by atoms with Gasteiger partial charge >= 0.3 is 0 Å². The molecule has 0 saturated heterocycles. The van der Waals surface area contributed by atoms with Crippen LogP contribution in [0.3, 0.4) is 0 Å². The molecule has 0 aliphatic carbocycles. The zero-order valence-corrected chi connectivity index (χ0v) is 10.6. The largest absolute Gasteiger partial charge is 0.293 e. The van der Waals surface area contributed by atoms with Gasteiger partial charge in [0.2, 0.25) is 0 Å². The van der Waals surface area contributed by atoms with Crippen LogP contribution >= 0.6 is 0 Å². The monoisotopic (exact) mass is 223 g/mol. The first-order chi connectivity index (χ1) is 7.36. The van der Waals surface area contributed by atoms with Crippen LogP contribution in [0.2, 0.25) is 0 Å². The Hall–Kier alpha value is -1.22. The molecule has 0 bridgehead atoms. The SMILES string of the molecule is C=CC(=O)C(C)N(C(C)C)C(C)C(=O)C=C. The summed E-state index contributed by atoms with van der Waals surface area (Å²) in [6, 6.07) is -0.564. The number of nitrogens with zero attached hydrogens (tertiary/aromatic N) is 1. The van der Waals surface area contributed by atoms with E-state index in [2.05, 4.69) is 13.2 Å². The minimum Gasteiger partial charge on any atom is -0.293 e. The Kier molecular flexibility index (Phi) is 5.89. The molecule has 0 aliphatic heterocycles. The predicted octanol–water partition coefficient (Wildman–Crippen LogP) is 1.98. The molecule has 0 aromatic carbocycles. The summed E-state index contributed by atoms with van der Waals surface area (Å²) in [5.74, 6) is -0.144. The Balaban J connectivity index is 5.00. The second-order valence-electron chi connectivity index (χ2n) is 4.11. The van der Waals surface area contributed by atoms with E-state index >= 15 is 0 Å². The van der Waals surface area contributed by atoms with Crippen molar-refractivity contribution in [2.75, 3.05) is 0 Å². The molecule has 2 atom stereocenters. The molecule has 0 fully saturated rings. The van der Waals surface area contributed by atoms with Crippen LogP contribution in [0.15, 0.2) is 25.3 Å². The van der Waals surface area contributed by atoms with Crippen molar-refractivity contribution in [1.82, 2.24) is 4.90 Å². The third kappa shape index (κ3) is 3.42. The van der Waals surface area contributed by atoms with Crippen LogP contribution in [0.1, 0.15) is 27.7 Å². The molecule has 0 radical (unpaired) electrons. The van der Waals surface area contributed by atoms with Gasteiger partial charge in [-0.25, -0.2) is 0 Å². The van der Waals surface area contributed by atoms with E-state index < -0.39 is 0 Å². The van der Waals surface area contributed by atoms with Gasteiger partial charge in [-0.05, 0) is 39.8 Å². The van der Waals surface area contributed by atoms with E-state index in [1.54, 1.807) is 13.8 Å². The molecule has 0 rings (SSSR count). The molecule has 0 saturated carbocycles. The molecule has 0 N–H and O–H groups in total. The quantitative estimate of drug-likeness (QED) is 0.619. The average molecular weight is 223 g/mol. The zero-order valence-electron chi connectivity index (χ0n) is 10.6. The summed E-state index contributed by atoms with van der Waals surface area (Å²) in [6.07, 6.45) is 2.59. The molecular formula is C13H21NO2. The van der Waals surface area contributed by atoms with Crippen LogP contribution in [0.5, 0.6) is 0 Å². The summed E-state index contributed by atoms with van der Waals surface area (Å²) in [5.41, 5.74) is 0. The Bertz CT molecular complexity index is 268. The van der Waals surface area contributed by atoms with Crippen molar-refractivity contribution in [2.45, 2.75) is 45.8 Å². The first-order valence-corrected chi connectivity index (χ1v) is 5.46. The van der Waals surface area contributed by atoms with Gasteiger partial charge in [-0.2, -0.15) is 0 Å². The first kappa shape index (κ1) is 14.8. The van der Waals surface area contributed by atoms with Crippen molar-refractivity contribution in [3.63, 3.8) is 0 Å². The number of carbonyl (C=O) groups excluding carboxylic acids is 2. The summed E-state index contributed by atoms with van der Waals surface area (Å²) in [6.45, 7) is 14.4. The van der Waals surface area contributed by atoms with Crippen molar-refractivity contribution in [3.05, 3.63) is 25.3 Å². The number of hydrogen-bond donors (Lipinski definition) is 0. The molecule has 0 aromatic rings. The van der Waals surface area contributed by atoms with Crippen molar-refractivity contribution in [1.29, 1.82) is 0 Å². The smallest absolute Gasteiger partial charge is 0.171 e. The fraction of sp³-hybridized carbons (Fsp3) is 0.538. The van der Waals surface area contributed by atoms with Gasteiger partial charge in [0.15, 0.2) is 11.6 Å². The van der Waals surface area contributed by atoms with Gasteiger partial charge in [-0.1, -0.05) is 13.2 Å². The van der Waals surface area contributed by atoms with E-state index in [0.717, 1.165) is 0 Å². The summed E-state index contributed by atoms with van der Waals surface area (Å²) >= 11 is 0. The van der Waals surface area contributed by atoms with Crippen molar-refractivity contribution in [2.24, 2.45) is 0 Å². The van der Waals surface area contributed by atoms with E-state index in [1.807, 2.05) is 18.7 Å². The summed E-state index contributed by atoms with van der Waals surface area (Å²) in [7, 11) is 0. The van der Waals surface area contributed by atoms with Crippen molar-refractivity contribution in [3.8, 4) is 0 Å². The van der Waals surface area contributed by atoms with Crippen LogP contribution in [0.4, 0.5) is 0 Å². The van der Waals surface area contributed by atoms with E-state index in [9.17, 15) is 9.59 Å². The maximum Gasteiger partial charge on any atom is 0.171 e. The van der Waals surface area contributed by atoms with Gasteiger partial charge in [-0.3, -0.25) is 14.5 Å². The lowest BCUT2D eigenvalue weighted by molar-refractivity contribution is -0.125. The fourth-order valence-corrected chi connectivity index (χ4v) is 1.86. The molecule has 16 heavy (non-hydrogen) atoms. The molecule has 0 aliphatic rings. The molecule has 0 heterocycles. The second-order valence-corrected chi connectivity index (χ2v) is 4.11. The van der Waals surface area contributed by atoms with Crippen LogP contribution in [-0.4, -0.2) is 34.6 Å². The van der Waals surface area contributed by atoms with Gasteiger partial charge in [0, 0.05) is 6.04 Å². The summed E-state index contributed by atoms with van der Waals surface area (Å²) < 4.78 is 0. The predicted molar refractivity (Wildman–Crippen MR) is 66.3 cm³/mol. The van der Waals surface area contributed by atoms with Gasteiger partial charge in [-0.15, -0.1) is 0 Å². The van der Waals surface area contributed by atoms with Crippen LogP contribution in [0.25, 0.3) is 0 Å². The number of ketones is 2. The van der Waals surface area contributed by atoms with E-state index in [-0.39, 0.29) is 29.7 Å². The molecular weight excluding hydrogens is 202 g/mol. The lowest BCUT2D eigenvalue weighted by Gasteiger charge is -2.35. The number of hydrogen-bond acceptors (Lipinski definition) is 3. The van der Waals surface area contributed by atoms with Crippen LogP contribution in [0, 0.1) is 0 Å². The molecule has 2 unspecified atom stereocenters. The van der Waals surface area contributed by atoms with Gasteiger partial charge in [0.05, 0.1) is 12.1 Å². The Labute approximate surface area is 97.8 Å². The average Bonchev–Trinajstić information content (AvgIpc) is 2.26. The number of carbonyl (C=O) groups is 2. The normalized spacial score (nSPS) is 14.6. The van der Waals surface area contributed by atoms with Crippen LogP contribution in [-0.2, 0) is 9.59 Å². The van der Waals surface area contributed by atoms with E-state index in [4.69, 9.17) is 0 Å². The Morgan fingerprint density at radius 2 is 1.25 bits per heavy atom. The lowest BCUT2D eigenvalue weighted by atomic mass is 10.0. The summed E-state index contributed by atoms with van der Waals surface area (Å²) in [4.78, 5) is 25.0. The van der Waals surface area contributed by atoms with Crippen molar-refractivity contribution >= 4 is 11.6 Å². The Morgan fingerprint density at radius 1 is 0.938 bits per heavy atom. The molecule has 0 amide bonds. The topological polar surface area (TPSA) is 37.4 Å². The minimum atomic E-state index is -0.337. The molecule has 0 aromatic heterocycles. The lowest BCUT2D eigenvalue weighted by Crippen LogP contribution is -2.50. The standard InChI is InChI=1S/C13H21NO2/c1-7-12(15)10(5)14(9(3)4)11(6)13(16)8-2/h7-11H,1-2H2,3-6H3. The first-order valence-electron chi connectivity index (χ1n) is 5.46. The minimum absolute atomic E-state index is 0.0718. The van der Waals surface area contributed by atoms with Crippen molar-refractivity contribution < 1.29 is 9.59 Å². The van der Waals surface area contributed by atoms with E-state index in [0.29, 0.717) is 0 Å². The molecule has 90 valence electrons. The fourth-order valence-electron chi connectivity index (χ4n) is 1.86. The summed E-state index contributed by atoms with van der Waals surface area (Å²) in [5, 5.41) is 0. The van der Waals surface area contributed by atoms with Gasteiger partial charge < -0.3 is 0 Å². The third-order valence-corrected chi connectivity index (χ3v) is 2.72. The zero-order chi connectivity index (χ0) is 12.9. The maximum atomic E-state index is 11.6. The molecule has 3 heteroatoms. The highest BCUT2D eigenvalue weighted by molar-refractivity contribution is 5.96. The molecule has 3 nitrogen and oxygen atoms in total. The van der Waals surface area contributed by atoms with Crippen LogP contribution < -0.4 is 0 Å². The van der Waals surface area contributed by atoms with Gasteiger partial charge in [0.1, 0.15) is 0 Å². The highest BCUT2D eigenvalue weighted by Gasteiger charge is 2.29.